The summed E-state index contributed by atoms with van der Waals surface area (Å²) in [5, 5.41) is 7.12. The molecule has 0 radical (unpaired) electrons. The maximum Gasteiger partial charge on any atom is 0.490 e. The van der Waals surface area contributed by atoms with Crippen molar-refractivity contribution in [2.45, 2.75) is 18.8 Å². The molecule has 0 fully saturated rings. The highest BCUT2D eigenvalue weighted by Crippen LogP contribution is 2.13. The number of ether oxygens (including phenoxy) is 1. The largest absolute Gasteiger partial charge is 0.490 e. The van der Waals surface area contributed by atoms with Crippen molar-refractivity contribution >= 4 is 5.97 Å². The molecular weight excluding hydrogens is 289 g/mol. The number of aliphatic carboxylic acids is 1. The molecule has 114 valence electrons. The standard InChI is InChI=1S/C9H11F2NO.C2HF3O2/c10-9(11)13-6-8(12)7-4-2-1-3-5-7;3-2(4,5)1(6)7/h1-5,8-9H,6,12H2;(H,6,7)/t8-;/m1./s1. The second-order valence-corrected chi connectivity index (χ2v) is 3.41. The lowest BCUT2D eigenvalue weighted by atomic mass is 10.1. The molecule has 4 nitrogen and oxygen atoms in total. The maximum absolute atomic E-state index is 11.6. The van der Waals surface area contributed by atoms with Gasteiger partial charge >= 0.3 is 18.8 Å². The highest BCUT2D eigenvalue weighted by atomic mass is 19.4. The normalized spacial score (nSPS) is 12.6. The minimum Gasteiger partial charge on any atom is -0.475 e. The summed E-state index contributed by atoms with van der Waals surface area (Å²) in [6.45, 7) is -2.92. The van der Waals surface area contributed by atoms with Crippen LogP contribution in [0.5, 0.6) is 0 Å². The molecule has 0 aromatic heterocycles. The Balaban J connectivity index is 0.000000441. The van der Waals surface area contributed by atoms with Crippen LogP contribution in [0.2, 0.25) is 0 Å². The van der Waals surface area contributed by atoms with Crippen molar-refractivity contribution < 1.29 is 36.6 Å². The maximum atomic E-state index is 11.6. The summed E-state index contributed by atoms with van der Waals surface area (Å²) in [6, 6.07) is 8.51. The predicted molar refractivity (Wildman–Crippen MR) is 59.0 cm³/mol. The van der Waals surface area contributed by atoms with Gasteiger partial charge in [-0.05, 0) is 5.56 Å². The Bertz CT molecular complexity index is 397. The minimum atomic E-state index is -5.08. The fourth-order valence-electron chi connectivity index (χ4n) is 0.973. The van der Waals surface area contributed by atoms with Gasteiger partial charge in [-0.15, -0.1) is 0 Å². The van der Waals surface area contributed by atoms with Crippen LogP contribution >= 0.6 is 0 Å². The highest BCUT2D eigenvalue weighted by molar-refractivity contribution is 5.73. The molecule has 0 saturated carbocycles. The van der Waals surface area contributed by atoms with Gasteiger partial charge in [0.25, 0.3) is 0 Å². The zero-order valence-corrected chi connectivity index (χ0v) is 9.98. The van der Waals surface area contributed by atoms with Crippen molar-refractivity contribution in [1.82, 2.24) is 0 Å². The molecule has 9 heteroatoms. The van der Waals surface area contributed by atoms with Crippen molar-refractivity contribution in [2.75, 3.05) is 6.61 Å². The van der Waals surface area contributed by atoms with Crippen molar-refractivity contribution in [3.8, 4) is 0 Å². The van der Waals surface area contributed by atoms with Crippen LogP contribution in [0.25, 0.3) is 0 Å². The van der Waals surface area contributed by atoms with E-state index >= 15 is 0 Å². The van der Waals surface area contributed by atoms with Crippen LogP contribution in [0.3, 0.4) is 0 Å². The van der Waals surface area contributed by atoms with E-state index in [-0.39, 0.29) is 6.61 Å². The van der Waals surface area contributed by atoms with E-state index < -0.39 is 24.8 Å². The molecule has 1 rings (SSSR count). The average molecular weight is 301 g/mol. The summed E-state index contributed by atoms with van der Waals surface area (Å²) >= 11 is 0. The highest BCUT2D eigenvalue weighted by Gasteiger charge is 2.38. The topological polar surface area (TPSA) is 72.5 Å². The van der Waals surface area contributed by atoms with Gasteiger partial charge in [0.1, 0.15) is 0 Å². The lowest BCUT2D eigenvalue weighted by Crippen LogP contribution is -2.21. The van der Waals surface area contributed by atoms with Crippen molar-refractivity contribution in [3.63, 3.8) is 0 Å². The first kappa shape index (κ1) is 18.3. The second-order valence-electron chi connectivity index (χ2n) is 3.41. The van der Waals surface area contributed by atoms with Crippen molar-refractivity contribution in [2.24, 2.45) is 5.73 Å². The predicted octanol–water partition coefficient (Wildman–Crippen LogP) is 2.56. The van der Waals surface area contributed by atoms with Crippen LogP contribution in [-0.4, -0.2) is 30.5 Å². The van der Waals surface area contributed by atoms with Crippen LogP contribution < -0.4 is 5.73 Å². The molecular formula is C11H12F5NO3. The number of hydrogen-bond donors (Lipinski definition) is 2. The fourth-order valence-corrected chi connectivity index (χ4v) is 0.973. The Morgan fingerprint density at radius 2 is 1.70 bits per heavy atom. The van der Waals surface area contributed by atoms with Gasteiger partial charge in [-0.2, -0.15) is 22.0 Å². The van der Waals surface area contributed by atoms with E-state index in [0.717, 1.165) is 5.56 Å². The third-order valence-electron chi connectivity index (χ3n) is 1.87. The summed E-state index contributed by atoms with van der Waals surface area (Å²) in [7, 11) is 0. The molecule has 0 aliphatic carbocycles. The first-order valence-electron chi connectivity index (χ1n) is 5.15. The smallest absolute Gasteiger partial charge is 0.475 e. The Kier molecular flexibility index (Phi) is 7.70. The van der Waals surface area contributed by atoms with Crippen LogP contribution in [0, 0.1) is 0 Å². The summed E-state index contributed by atoms with van der Waals surface area (Å²) in [5.74, 6) is -2.76. The number of rotatable bonds is 4. The molecule has 0 saturated heterocycles. The number of benzene rings is 1. The van der Waals surface area contributed by atoms with E-state index in [0.29, 0.717) is 0 Å². The van der Waals surface area contributed by atoms with E-state index in [1.165, 1.54) is 0 Å². The Morgan fingerprint density at radius 1 is 1.25 bits per heavy atom. The van der Waals surface area contributed by atoms with Crippen molar-refractivity contribution in [3.05, 3.63) is 35.9 Å². The summed E-state index contributed by atoms with van der Waals surface area (Å²) < 4.78 is 59.1. The van der Waals surface area contributed by atoms with E-state index in [4.69, 9.17) is 15.6 Å². The summed E-state index contributed by atoms with van der Waals surface area (Å²) in [4.78, 5) is 8.90. The molecule has 0 aliphatic heterocycles. The number of halogens is 5. The molecule has 1 aromatic rings. The molecule has 3 N–H and O–H groups in total. The lowest BCUT2D eigenvalue weighted by molar-refractivity contribution is -0.192. The van der Waals surface area contributed by atoms with Gasteiger partial charge in [0.05, 0.1) is 12.6 Å². The van der Waals surface area contributed by atoms with Crippen LogP contribution in [-0.2, 0) is 9.53 Å². The van der Waals surface area contributed by atoms with E-state index in [1.54, 1.807) is 24.3 Å². The quantitative estimate of drug-likeness (QED) is 0.838. The first-order chi connectivity index (χ1) is 9.14. The molecule has 0 unspecified atom stereocenters. The van der Waals surface area contributed by atoms with Gasteiger partial charge in [0, 0.05) is 0 Å². The first-order valence-corrected chi connectivity index (χ1v) is 5.15. The zero-order chi connectivity index (χ0) is 15.8. The number of carboxylic acids is 1. The van der Waals surface area contributed by atoms with Crippen LogP contribution in [0.1, 0.15) is 11.6 Å². The summed E-state index contributed by atoms with van der Waals surface area (Å²) in [5.41, 5.74) is 6.38. The number of carbonyl (C=O) groups is 1. The third-order valence-corrected chi connectivity index (χ3v) is 1.87. The molecule has 0 aliphatic rings. The van der Waals surface area contributed by atoms with Crippen LogP contribution in [0.15, 0.2) is 30.3 Å². The minimum absolute atomic E-state index is 0.165. The Morgan fingerprint density at radius 3 is 2.05 bits per heavy atom. The number of hydrogen-bond acceptors (Lipinski definition) is 3. The fraction of sp³-hybridized carbons (Fsp3) is 0.364. The van der Waals surface area contributed by atoms with Crippen LogP contribution in [0.4, 0.5) is 22.0 Å². The monoisotopic (exact) mass is 301 g/mol. The second kappa shape index (κ2) is 8.43. The summed E-state index contributed by atoms with van der Waals surface area (Å²) in [6.07, 6.45) is -5.08. The van der Waals surface area contributed by atoms with Gasteiger partial charge in [0.15, 0.2) is 0 Å². The number of nitrogens with two attached hydrogens (primary N) is 1. The lowest BCUT2D eigenvalue weighted by Gasteiger charge is -2.11. The van der Waals surface area contributed by atoms with E-state index in [1.807, 2.05) is 6.07 Å². The molecule has 0 spiro atoms. The molecule has 0 bridgehead atoms. The van der Waals surface area contributed by atoms with Gasteiger partial charge in [-0.1, -0.05) is 30.3 Å². The van der Waals surface area contributed by atoms with Crippen molar-refractivity contribution in [1.29, 1.82) is 0 Å². The van der Waals surface area contributed by atoms with E-state index in [9.17, 15) is 22.0 Å². The number of alkyl halides is 5. The zero-order valence-electron chi connectivity index (χ0n) is 9.98. The molecule has 0 amide bonds. The molecule has 0 heterocycles. The molecule has 20 heavy (non-hydrogen) atoms. The van der Waals surface area contributed by atoms with Gasteiger partial charge in [0.2, 0.25) is 0 Å². The average Bonchev–Trinajstić information content (AvgIpc) is 2.36. The molecule has 1 aromatic carbocycles. The molecule has 1 atom stereocenters. The Labute approximate surface area is 110 Å². The number of carboxylic acid groups (broad SMARTS) is 1. The van der Waals surface area contributed by atoms with Gasteiger partial charge in [-0.3, -0.25) is 0 Å². The third kappa shape index (κ3) is 8.38. The van der Waals surface area contributed by atoms with E-state index in [2.05, 4.69) is 4.74 Å². The van der Waals surface area contributed by atoms with Gasteiger partial charge in [-0.25, -0.2) is 4.79 Å². The van der Waals surface area contributed by atoms with Gasteiger partial charge < -0.3 is 15.6 Å². The SMILES string of the molecule is N[C@H](COC(F)F)c1ccccc1.O=C(O)C(F)(F)F. The Hall–Kier alpha value is -1.74.